The SMILES string of the molecule is COC(=O)c1cc2c(/C=C3/NC(=S)NC3=O)coc2n1C. The van der Waals surface area contributed by atoms with Crippen LogP contribution in [-0.4, -0.2) is 28.7 Å². The third kappa shape index (κ3) is 2.09. The van der Waals surface area contributed by atoms with Crippen molar-refractivity contribution in [1.29, 1.82) is 0 Å². The number of aromatic nitrogens is 1. The second-order valence-corrected chi connectivity index (χ2v) is 4.86. The Morgan fingerprint density at radius 2 is 2.24 bits per heavy atom. The number of fused-ring (bicyclic) bond motifs is 1. The Morgan fingerprint density at radius 3 is 2.86 bits per heavy atom. The van der Waals surface area contributed by atoms with Crippen molar-refractivity contribution >= 4 is 46.4 Å². The molecule has 0 spiro atoms. The van der Waals surface area contributed by atoms with E-state index in [1.165, 1.54) is 13.4 Å². The van der Waals surface area contributed by atoms with Crippen LogP contribution in [0, 0.1) is 0 Å². The summed E-state index contributed by atoms with van der Waals surface area (Å²) >= 11 is 4.87. The number of amides is 1. The van der Waals surface area contributed by atoms with Crippen LogP contribution in [0.5, 0.6) is 0 Å². The first kappa shape index (κ1) is 13.4. The minimum absolute atomic E-state index is 0.259. The first-order valence-electron chi connectivity index (χ1n) is 6.00. The van der Waals surface area contributed by atoms with Crippen molar-refractivity contribution in [2.45, 2.75) is 0 Å². The second kappa shape index (κ2) is 4.74. The van der Waals surface area contributed by atoms with Crippen LogP contribution in [0.2, 0.25) is 0 Å². The van der Waals surface area contributed by atoms with Crippen LogP contribution in [0.1, 0.15) is 16.1 Å². The Kier molecular flexibility index (Phi) is 3.02. The molecule has 7 nitrogen and oxygen atoms in total. The predicted octanol–water partition coefficient (Wildman–Crippen LogP) is 0.903. The highest BCUT2D eigenvalue weighted by Gasteiger charge is 2.22. The normalized spacial score (nSPS) is 16.4. The monoisotopic (exact) mass is 305 g/mol. The molecule has 0 unspecified atom stereocenters. The van der Waals surface area contributed by atoms with Gasteiger partial charge >= 0.3 is 5.97 Å². The van der Waals surface area contributed by atoms with Gasteiger partial charge in [0, 0.05) is 18.0 Å². The number of esters is 1. The van der Waals surface area contributed by atoms with Gasteiger partial charge in [-0.2, -0.15) is 0 Å². The van der Waals surface area contributed by atoms with Crippen LogP contribution < -0.4 is 10.6 Å². The average Bonchev–Trinajstić information content (AvgIpc) is 3.08. The molecular weight excluding hydrogens is 294 g/mol. The van der Waals surface area contributed by atoms with Crippen molar-refractivity contribution in [2.24, 2.45) is 7.05 Å². The fourth-order valence-corrected chi connectivity index (χ4v) is 2.37. The van der Waals surface area contributed by atoms with E-state index in [0.717, 1.165) is 0 Å². The zero-order valence-electron chi connectivity index (χ0n) is 11.2. The van der Waals surface area contributed by atoms with Crippen LogP contribution in [0.15, 0.2) is 22.4 Å². The van der Waals surface area contributed by atoms with E-state index in [0.29, 0.717) is 28.1 Å². The number of aryl methyl sites for hydroxylation is 1. The third-order valence-corrected chi connectivity index (χ3v) is 3.40. The average molecular weight is 305 g/mol. The molecule has 21 heavy (non-hydrogen) atoms. The fourth-order valence-electron chi connectivity index (χ4n) is 2.17. The highest BCUT2D eigenvalue weighted by molar-refractivity contribution is 7.80. The number of carbonyl (C=O) groups excluding carboxylic acids is 2. The van der Waals surface area contributed by atoms with Crippen molar-refractivity contribution < 1.29 is 18.7 Å². The van der Waals surface area contributed by atoms with Gasteiger partial charge in [0.15, 0.2) is 5.11 Å². The summed E-state index contributed by atoms with van der Waals surface area (Å²) in [5, 5.41) is 6.19. The summed E-state index contributed by atoms with van der Waals surface area (Å²) in [7, 11) is 3.01. The molecule has 0 aromatic carbocycles. The minimum atomic E-state index is -0.458. The molecule has 1 aliphatic rings. The van der Waals surface area contributed by atoms with E-state index in [-0.39, 0.29) is 11.0 Å². The van der Waals surface area contributed by atoms with E-state index >= 15 is 0 Å². The summed E-state index contributed by atoms with van der Waals surface area (Å²) in [6, 6.07) is 1.65. The van der Waals surface area contributed by atoms with Crippen molar-refractivity contribution in [2.75, 3.05) is 7.11 Å². The molecule has 1 aliphatic heterocycles. The Labute approximate surface area is 124 Å². The molecule has 0 aliphatic carbocycles. The van der Waals surface area contributed by atoms with E-state index < -0.39 is 5.97 Å². The number of nitrogens with one attached hydrogen (secondary N) is 2. The lowest BCUT2D eigenvalue weighted by atomic mass is 10.2. The Morgan fingerprint density at radius 1 is 1.48 bits per heavy atom. The maximum absolute atomic E-state index is 11.7. The molecule has 0 radical (unpaired) electrons. The maximum atomic E-state index is 11.7. The van der Waals surface area contributed by atoms with Crippen molar-refractivity contribution in [3.63, 3.8) is 0 Å². The van der Waals surface area contributed by atoms with Gasteiger partial charge in [-0.3, -0.25) is 10.1 Å². The number of carbonyl (C=O) groups is 2. The molecule has 3 heterocycles. The van der Waals surface area contributed by atoms with Crippen LogP contribution in [-0.2, 0) is 16.6 Å². The second-order valence-electron chi connectivity index (χ2n) is 4.46. The molecule has 1 fully saturated rings. The number of thiocarbonyl (C=S) groups is 1. The van der Waals surface area contributed by atoms with E-state index in [9.17, 15) is 9.59 Å². The summed E-state index contributed by atoms with van der Waals surface area (Å²) < 4.78 is 11.7. The van der Waals surface area contributed by atoms with Crippen LogP contribution in [0.25, 0.3) is 17.2 Å². The molecule has 0 bridgehead atoms. The quantitative estimate of drug-likeness (QED) is 0.487. The van der Waals surface area contributed by atoms with Gasteiger partial charge < -0.3 is 19.0 Å². The van der Waals surface area contributed by atoms with Gasteiger partial charge in [-0.05, 0) is 24.4 Å². The molecule has 1 amide bonds. The summed E-state index contributed by atoms with van der Waals surface area (Å²) in [6.45, 7) is 0. The van der Waals surface area contributed by atoms with Crippen LogP contribution >= 0.6 is 12.2 Å². The Hall–Kier alpha value is -2.61. The standard InChI is InChI=1S/C13H11N3O4S/c1-16-9(12(18)19-2)4-7-6(5-20-11(7)16)3-8-10(17)15-13(21)14-8/h3-5H,1-2H3,(H2,14,15,17,21)/b8-3+. The lowest BCUT2D eigenvalue weighted by Gasteiger charge is -1.99. The molecule has 0 saturated carbocycles. The van der Waals surface area contributed by atoms with Crippen LogP contribution in [0.4, 0.5) is 0 Å². The largest absolute Gasteiger partial charge is 0.464 e. The van der Waals surface area contributed by atoms with Gasteiger partial charge in [0.1, 0.15) is 17.7 Å². The molecule has 2 aromatic heterocycles. The summed E-state index contributed by atoms with van der Waals surface area (Å²) in [6.07, 6.45) is 3.12. The van der Waals surface area contributed by atoms with Crippen molar-refractivity contribution in [3.8, 4) is 0 Å². The molecule has 2 aromatic rings. The molecule has 0 atom stereocenters. The fraction of sp³-hybridized carbons (Fsp3) is 0.154. The lowest BCUT2D eigenvalue weighted by Crippen LogP contribution is -2.21. The molecular formula is C13H11N3O4S. The number of furan rings is 1. The number of hydrogen-bond donors (Lipinski definition) is 2. The maximum Gasteiger partial charge on any atom is 0.354 e. The first-order chi connectivity index (χ1) is 10.0. The molecule has 108 valence electrons. The van der Waals surface area contributed by atoms with Gasteiger partial charge in [-0.1, -0.05) is 0 Å². The van der Waals surface area contributed by atoms with Crippen molar-refractivity contribution in [1.82, 2.24) is 15.2 Å². The van der Waals surface area contributed by atoms with E-state index in [2.05, 4.69) is 10.6 Å². The van der Waals surface area contributed by atoms with Gasteiger partial charge in [0.25, 0.3) is 5.91 Å². The Bertz CT molecular complexity index is 815. The number of hydrogen-bond acceptors (Lipinski definition) is 5. The van der Waals surface area contributed by atoms with Gasteiger partial charge in [0.2, 0.25) is 5.71 Å². The summed E-state index contributed by atoms with van der Waals surface area (Å²) in [5.74, 6) is -0.765. The van der Waals surface area contributed by atoms with Gasteiger partial charge in [-0.15, -0.1) is 0 Å². The first-order valence-corrected chi connectivity index (χ1v) is 6.41. The number of ether oxygens (including phenoxy) is 1. The predicted molar refractivity (Wildman–Crippen MR) is 78.4 cm³/mol. The number of rotatable bonds is 2. The summed E-state index contributed by atoms with van der Waals surface area (Å²) in [5.41, 5.74) is 1.87. The van der Waals surface area contributed by atoms with Crippen LogP contribution in [0.3, 0.4) is 0 Å². The molecule has 2 N–H and O–H groups in total. The molecule has 8 heteroatoms. The lowest BCUT2D eigenvalue weighted by molar-refractivity contribution is -0.115. The van der Waals surface area contributed by atoms with Crippen molar-refractivity contribution in [3.05, 3.63) is 29.3 Å². The van der Waals surface area contributed by atoms with Gasteiger partial charge in [-0.25, -0.2) is 4.79 Å². The smallest absolute Gasteiger partial charge is 0.354 e. The Balaban J connectivity index is 2.09. The highest BCUT2D eigenvalue weighted by Crippen LogP contribution is 2.26. The number of nitrogens with zero attached hydrogens (tertiary/aromatic N) is 1. The summed E-state index contributed by atoms with van der Waals surface area (Å²) in [4.78, 5) is 23.3. The zero-order chi connectivity index (χ0) is 15.1. The highest BCUT2D eigenvalue weighted by atomic mass is 32.1. The van der Waals surface area contributed by atoms with E-state index in [4.69, 9.17) is 21.4 Å². The molecule has 3 rings (SSSR count). The molecule has 1 saturated heterocycles. The minimum Gasteiger partial charge on any atom is -0.464 e. The number of methoxy groups -OCH3 is 1. The van der Waals surface area contributed by atoms with E-state index in [1.54, 1.807) is 23.8 Å². The topological polar surface area (TPSA) is 85.5 Å². The zero-order valence-corrected chi connectivity index (χ0v) is 12.0. The van der Waals surface area contributed by atoms with E-state index in [1.807, 2.05) is 0 Å². The van der Waals surface area contributed by atoms with Gasteiger partial charge in [0.05, 0.1) is 7.11 Å². The third-order valence-electron chi connectivity index (χ3n) is 3.20.